The van der Waals surface area contributed by atoms with Crippen molar-refractivity contribution in [3.05, 3.63) is 48.2 Å². The third kappa shape index (κ3) is 2.85. The van der Waals surface area contributed by atoms with Crippen LogP contribution in [0.5, 0.6) is 0 Å². The van der Waals surface area contributed by atoms with Gasteiger partial charge in [0.2, 0.25) is 0 Å². The van der Waals surface area contributed by atoms with Gasteiger partial charge in [0.15, 0.2) is 5.03 Å². The molecule has 6 heteroatoms. The molecular weight excluding hydrogens is 286 g/mol. The lowest BCUT2D eigenvalue weighted by Crippen LogP contribution is -2.32. The Bertz CT molecular complexity index is 729. The zero-order chi connectivity index (χ0) is 15.5. The van der Waals surface area contributed by atoms with Crippen molar-refractivity contribution in [1.29, 1.82) is 0 Å². The van der Waals surface area contributed by atoms with Gasteiger partial charge < -0.3 is 5.32 Å². The van der Waals surface area contributed by atoms with Gasteiger partial charge >= 0.3 is 0 Å². The number of aromatic nitrogens is 1. The number of pyridine rings is 1. The first-order chi connectivity index (χ1) is 10.0. The minimum atomic E-state index is -3.71. The number of hydrogen-bond acceptors (Lipinski definition) is 4. The van der Waals surface area contributed by atoms with Gasteiger partial charge in [0, 0.05) is 19.8 Å². The molecule has 2 rings (SSSR count). The molecule has 0 saturated carbocycles. The molecule has 0 atom stereocenters. The Kier molecular flexibility index (Phi) is 4.47. The predicted molar refractivity (Wildman–Crippen MR) is 85.2 cm³/mol. The normalized spacial score (nSPS) is 11.2. The Morgan fingerprint density at radius 3 is 2.52 bits per heavy atom. The van der Waals surface area contributed by atoms with Crippen molar-refractivity contribution in [2.75, 3.05) is 23.2 Å². The Morgan fingerprint density at radius 1 is 1.19 bits per heavy atom. The van der Waals surface area contributed by atoms with Gasteiger partial charge in [-0.15, -0.1) is 0 Å². The molecule has 0 spiro atoms. The lowest BCUT2D eigenvalue weighted by molar-refractivity contribution is 0.588. The van der Waals surface area contributed by atoms with Gasteiger partial charge in [-0.2, -0.15) is 8.42 Å². The smallest absolute Gasteiger partial charge is 0.283 e. The van der Waals surface area contributed by atoms with Crippen molar-refractivity contribution in [2.45, 2.75) is 18.9 Å². The van der Waals surface area contributed by atoms with Crippen molar-refractivity contribution in [1.82, 2.24) is 4.98 Å². The molecule has 0 aliphatic rings. The number of benzene rings is 1. The zero-order valence-corrected chi connectivity index (χ0v) is 13.2. The fraction of sp³-hybridized carbons (Fsp3) is 0.267. The van der Waals surface area contributed by atoms with Crippen molar-refractivity contribution in [3.8, 4) is 0 Å². The summed E-state index contributed by atoms with van der Waals surface area (Å²) >= 11 is 0. The van der Waals surface area contributed by atoms with E-state index < -0.39 is 10.0 Å². The number of nitrogens with one attached hydrogen (secondary N) is 1. The molecule has 1 N–H and O–H groups in total. The highest BCUT2D eigenvalue weighted by Gasteiger charge is 2.28. The Morgan fingerprint density at radius 2 is 1.90 bits per heavy atom. The Balaban J connectivity index is 2.58. The molecule has 0 aliphatic heterocycles. The minimum Gasteiger partial charge on any atom is -0.386 e. The Labute approximate surface area is 125 Å². The molecule has 5 nitrogen and oxygen atoms in total. The predicted octanol–water partition coefficient (Wildman–Crippen LogP) is 2.65. The van der Waals surface area contributed by atoms with E-state index in [9.17, 15) is 8.42 Å². The highest BCUT2D eigenvalue weighted by molar-refractivity contribution is 7.92. The van der Waals surface area contributed by atoms with E-state index in [1.165, 1.54) is 10.5 Å². The number of nitrogens with zero attached hydrogens (tertiary/aromatic N) is 2. The molecule has 1 heterocycles. The van der Waals surface area contributed by atoms with E-state index in [1.54, 1.807) is 25.2 Å². The molecule has 2 aromatic rings. The summed E-state index contributed by atoms with van der Waals surface area (Å²) in [7, 11) is -2.03. The average Bonchev–Trinajstić information content (AvgIpc) is 2.49. The number of anilines is 2. The number of para-hydroxylation sites is 1. The highest BCUT2D eigenvalue weighted by Crippen LogP contribution is 2.28. The van der Waals surface area contributed by atoms with Crippen LogP contribution in [0.15, 0.2) is 47.6 Å². The van der Waals surface area contributed by atoms with Crippen molar-refractivity contribution >= 4 is 21.4 Å². The van der Waals surface area contributed by atoms with Crippen LogP contribution in [0.1, 0.15) is 12.5 Å². The van der Waals surface area contributed by atoms with Crippen LogP contribution < -0.4 is 9.62 Å². The second kappa shape index (κ2) is 6.13. The number of aryl methyl sites for hydroxylation is 1. The maximum atomic E-state index is 12.9. The summed E-state index contributed by atoms with van der Waals surface area (Å²) in [6, 6.07) is 10.8. The van der Waals surface area contributed by atoms with Crippen LogP contribution in [0.2, 0.25) is 0 Å². The van der Waals surface area contributed by atoms with Crippen LogP contribution in [0, 0.1) is 6.92 Å². The second-order valence-electron chi connectivity index (χ2n) is 4.56. The molecule has 21 heavy (non-hydrogen) atoms. The number of rotatable bonds is 5. The lowest BCUT2D eigenvalue weighted by Gasteiger charge is -2.24. The standard InChI is InChI=1S/C15H19N3O2S/c1-4-18(14-10-6-5-8-12(14)2)21(19,20)15-13(16-3)9-7-11-17-15/h5-11,16H,4H2,1-3H3. The third-order valence-corrected chi connectivity index (χ3v) is 5.10. The van der Waals surface area contributed by atoms with Crippen molar-refractivity contribution < 1.29 is 8.42 Å². The third-order valence-electron chi connectivity index (χ3n) is 3.25. The maximum Gasteiger partial charge on any atom is 0.283 e. The summed E-state index contributed by atoms with van der Waals surface area (Å²) in [6.45, 7) is 4.05. The van der Waals surface area contributed by atoms with Crippen LogP contribution in [0.3, 0.4) is 0 Å². The van der Waals surface area contributed by atoms with Crippen LogP contribution in [0.25, 0.3) is 0 Å². The van der Waals surface area contributed by atoms with Crippen LogP contribution >= 0.6 is 0 Å². The largest absolute Gasteiger partial charge is 0.386 e. The summed E-state index contributed by atoms with van der Waals surface area (Å²) < 4.78 is 27.2. The van der Waals surface area contributed by atoms with E-state index in [4.69, 9.17) is 0 Å². The molecule has 1 aromatic heterocycles. The van der Waals surface area contributed by atoms with E-state index in [-0.39, 0.29) is 5.03 Å². The summed E-state index contributed by atoms with van der Waals surface area (Å²) in [5.41, 5.74) is 2.07. The molecule has 0 unspecified atom stereocenters. The molecule has 0 amide bonds. The molecular formula is C15H19N3O2S. The number of sulfonamides is 1. The average molecular weight is 305 g/mol. The first-order valence-corrected chi connectivity index (χ1v) is 8.17. The van der Waals surface area contributed by atoms with E-state index in [0.717, 1.165) is 5.56 Å². The molecule has 0 saturated heterocycles. The zero-order valence-electron chi connectivity index (χ0n) is 12.4. The Hall–Kier alpha value is -2.08. The minimum absolute atomic E-state index is 0.0394. The number of hydrogen-bond donors (Lipinski definition) is 1. The van der Waals surface area contributed by atoms with Crippen molar-refractivity contribution in [3.63, 3.8) is 0 Å². The quantitative estimate of drug-likeness (QED) is 0.922. The molecule has 0 bridgehead atoms. The van der Waals surface area contributed by atoms with E-state index >= 15 is 0 Å². The van der Waals surface area contributed by atoms with Gasteiger partial charge in [-0.05, 0) is 37.6 Å². The van der Waals surface area contributed by atoms with E-state index in [2.05, 4.69) is 10.3 Å². The van der Waals surface area contributed by atoms with Gasteiger partial charge in [0.1, 0.15) is 0 Å². The maximum absolute atomic E-state index is 12.9. The fourth-order valence-corrected chi connectivity index (χ4v) is 3.86. The summed E-state index contributed by atoms with van der Waals surface area (Å²) in [5, 5.41) is 2.92. The van der Waals surface area contributed by atoms with E-state index in [1.807, 2.05) is 32.0 Å². The van der Waals surface area contributed by atoms with Crippen molar-refractivity contribution in [2.24, 2.45) is 0 Å². The van der Waals surface area contributed by atoms with Gasteiger partial charge in [-0.3, -0.25) is 4.31 Å². The van der Waals surface area contributed by atoms with Crippen LogP contribution in [0.4, 0.5) is 11.4 Å². The molecule has 0 aliphatic carbocycles. The SMILES string of the molecule is CCN(c1ccccc1C)S(=O)(=O)c1ncccc1NC. The molecule has 0 fully saturated rings. The molecule has 112 valence electrons. The second-order valence-corrected chi connectivity index (χ2v) is 6.34. The van der Waals surface area contributed by atoms with Gasteiger partial charge in [0.25, 0.3) is 10.0 Å². The molecule has 1 aromatic carbocycles. The molecule has 0 radical (unpaired) electrons. The topological polar surface area (TPSA) is 62.3 Å². The van der Waals surface area contributed by atoms with Gasteiger partial charge in [-0.1, -0.05) is 18.2 Å². The first kappa shape index (κ1) is 15.3. The monoisotopic (exact) mass is 305 g/mol. The fourth-order valence-electron chi connectivity index (χ4n) is 2.20. The van der Waals surface area contributed by atoms with Gasteiger partial charge in [0.05, 0.1) is 11.4 Å². The van der Waals surface area contributed by atoms with Crippen LogP contribution in [-0.2, 0) is 10.0 Å². The highest BCUT2D eigenvalue weighted by atomic mass is 32.2. The summed E-state index contributed by atoms with van der Waals surface area (Å²) in [5.74, 6) is 0. The van der Waals surface area contributed by atoms with Gasteiger partial charge in [-0.25, -0.2) is 4.98 Å². The first-order valence-electron chi connectivity index (χ1n) is 6.73. The van der Waals surface area contributed by atoms with E-state index in [0.29, 0.717) is 17.9 Å². The van der Waals surface area contributed by atoms with Crippen LogP contribution in [-0.4, -0.2) is 27.0 Å². The summed E-state index contributed by atoms with van der Waals surface area (Å²) in [6.07, 6.45) is 1.49. The summed E-state index contributed by atoms with van der Waals surface area (Å²) in [4.78, 5) is 4.05. The lowest BCUT2D eigenvalue weighted by atomic mass is 10.2.